The molecule has 0 aliphatic carbocycles. The molecule has 0 radical (unpaired) electrons. The van der Waals surface area contributed by atoms with Gasteiger partial charge in [-0.1, -0.05) is 41.9 Å². The summed E-state index contributed by atoms with van der Waals surface area (Å²) in [6.07, 6.45) is 0. The molecule has 3 rings (SSSR count). The van der Waals surface area contributed by atoms with Gasteiger partial charge in [0, 0.05) is 10.6 Å². The van der Waals surface area contributed by atoms with Gasteiger partial charge in [-0.3, -0.25) is 9.52 Å². The summed E-state index contributed by atoms with van der Waals surface area (Å²) in [6, 6.07) is 22.0. The first kappa shape index (κ1) is 20.3. The van der Waals surface area contributed by atoms with Gasteiger partial charge in [-0.2, -0.15) is 0 Å². The molecule has 0 aliphatic rings. The highest BCUT2D eigenvalue weighted by molar-refractivity contribution is 8.00. The molecule has 5 nitrogen and oxygen atoms in total. The van der Waals surface area contributed by atoms with Gasteiger partial charge in [0.05, 0.1) is 21.4 Å². The minimum absolute atomic E-state index is 0.174. The van der Waals surface area contributed by atoms with E-state index in [0.717, 1.165) is 4.90 Å². The number of nitrogens with one attached hydrogen (secondary N) is 2. The first-order valence-corrected chi connectivity index (χ1v) is 11.1. The lowest BCUT2D eigenvalue weighted by Crippen LogP contribution is -2.14. The molecule has 0 saturated carbocycles. The van der Waals surface area contributed by atoms with Crippen LogP contribution in [0.3, 0.4) is 0 Å². The van der Waals surface area contributed by atoms with Gasteiger partial charge in [0.1, 0.15) is 0 Å². The van der Waals surface area contributed by atoms with Gasteiger partial charge in [-0.25, -0.2) is 8.42 Å². The molecule has 0 spiro atoms. The van der Waals surface area contributed by atoms with Crippen molar-refractivity contribution in [2.24, 2.45) is 0 Å². The van der Waals surface area contributed by atoms with Crippen LogP contribution in [0.25, 0.3) is 0 Å². The third-order valence-corrected chi connectivity index (χ3v) is 6.42. The molecule has 0 bridgehead atoms. The summed E-state index contributed by atoms with van der Waals surface area (Å²) in [5, 5.41) is 3.24. The summed E-state index contributed by atoms with van der Waals surface area (Å²) >= 11 is 7.37. The second-order valence-electron chi connectivity index (χ2n) is 5.76. The number of carbonyl (C=O) groups is 1. The predicted molar refractivity (Wildman–Crippen MR) is 114 cm³/mol. The molecule has 0 heterocycles. The van der Waals surface area contributed by atoms with Crippen molar-refractivity contribution >= 4 is 50.7 Å². The fourth-order valence-corrected chi connectivity index (χ4v) is 4.29. The summed E-state index contributed by atoms with van der Waals surface area (Å²) in [7, 11) is -3.62. The molecular formula is C20H17ClN2O3S2. The van der Waals surface area contributed by atoms with Crippen LogP contribution >= 0.6 is 23.4 Å². The van der Waals surface area contributed by atoms with E-state index in [2.05, 4.69) is 10.0 Å². The van der Waals surface area contributed by atoms with Crippen LogP contribution < -0.4 is 10.0 Å². The SMILES string of the molecule is O=C(CSc1ccc(NS(=O)(=O)c2ccccc2)cc1)Nc1ccccc1Cl. The van der Waals surface area contributed by atoms with Gasteiger partial charge in [0.25, 0.3) is 10.0 Å². The van der Waals surface area contributed by atoms with Gasteiger partial charge in [-0.15, -0.1) is 11.8 Å². The number of sulfonamides is 1. The van der Waals surface area contributed by atoms with Crippen molar-refractivity contribution in [1.29, 1.82) is 0 Å². The molecule has 0 fully saturated rings. The predicted octanol–water partition coefficient (Wildman–Crippen LogP) is 4.87. The monoisotopic (exact) mass is 432 g/mol. The number of rotatable bonds is 7. The molecule has 0 atom stereocenters. The van der Waals surface area contributed by atoms with Crippen LogP contribution in [-0.2, 0) is 14.8 Å². The Balaban J connectivity index is 1.56. The Morgan fingerprint density at radius 1 is 0.893 bits per heavy atom. The third kappa shape index (κ3) is 5.51. The molecule has 2 N–H and O–H groups in total. The van der Waals surface area contributed by atoms with Gasteiger partial charge in [0.2, 0.25) is 5.91 Å². The third-order valence-electron chi connectivity index (χ3n) is 3.68. The molecule has 0 aromatic heterocycles. The summed E-state index contributed by atoms with van der Waals surface area (Å²) < 4.78 is 27.2. The van der Waals surface area contributed by atoms with E-state index in [1.54, 1.807) is 66.7 Å². The molecule has 144 valence electrons. The maximum atomic E-state index is 12.3. The van der Waals surface area contributed by atoms with Crippen molar-refractivity contribution in [3.8, 4) is 0 Å². The number of hydrogen-bond donors (Lipinski definition) is 2. The van der Waals surface area contributed by atoms with Crippen molar-refractivity contribution in [1.82, 2.24) is 0 Å². The molecule has 0 aliphatic heterocycles. The van der Waals surface area contributed by atoms with E-state index < -0.39 is 10.0 Å². The van der Waals surface area contributed by atoms with Crippen molar-refractivity contribution in [3.05, 3.63) is 83.9 Å². The van der Waals surface area contributed by atoms with Crippen LogP contribution in [0.4, 0.5) is 11.4 Å². The Morgan fingerprint density at radius 3 is 2.21 bits per heavy atom. The topological polar surface area (TPSA) is 75.3 Å². The quantitative estimate of drug-likeness (QED) is 0.522. The first-order chi connectivity index (χ1) is 13.4. The first-order valence-electron chi connectivity index (χ1n) is 8.29. The van der Waals surface area contributed by atoms with E-state index in [-0.39, 0.29) is 16.6 Å². The van der Waals surface area contributed by atoms with Crippen LogP contribution in [-0.4, -0.2) is 20.1 Å². The second-order valence-corrected chi connectivity index (χ2v) is 8.90. The largest absolute Gasteiger partial charge is 0.324 e. The molecule has 3 aromatic rings. The number of hydrogen-bond acceptors (Lipinski definition) is 4. The molecule has 8 heteroatoms. The Labute approximate surface area is 173 Å². The van der Waals surface area contributed by atoms with E-state index in [1.165, 1.54) is 23.9 Å². The van der Waals surface area contributed by atoms with Crippen LogP contribution in [0.15, 0.2) is 88.7 Å². The van der Waals surface area contributed by atoms with E-state index in [4.69, 9.17) is 11.6 Å². The smallest absolute Gasteiger partial charge is 0.261 e. The number of thioether (sulfide) groups is 1. The van der Waals surface area contributed by atoms with Crippen molar-refractivity contribution < 1.29 is 13.2 Å². The lowest BCUT2D eigenvalue weighted by atomic mass is 10.3. The van der Waals surface area contributed by atoms with Gasteiger partial charge in [0.15, 0.2) is 0 Å². The van der Waals surface area contributed by atoms with Crippen LogP contribution in [0, 0.1) is 0 Å². The molecule has 3 aromatic carbocycles. The molecule has 0 saturated heterocycles. The maximum Gasteiger partial charge on any atom is 0.261 e. The maximum absolute atomic E-state index is 12.3. The fraction of sp³-hybridized carbons (Fsp3) is 0.0500. The Bertz CT molecular complexity index is 1060. The van der Waals surface area contributed by atoms with Crippen LogP contribution in [0.1, 0.15) is 0 Å². The zero-order valence-electron chi connectivity index (χ0n) is 14.6. The Morgan fingerprint density at radius 2 is 1.54 bits per heavy atom. The minimum Gasteiger partial charge on any atom is -0.324 e. The number of amides is 1. The number of benzene rings is 3. The average Bonchev–Trinajstić information content (AvgIpc) is 2.70. The summed E-state index contributed by atoms with van der Waals surface area (Å²) in [6.45, 7) is 0. The Kier molecular flexibility index (Phi) is 6.61. The zero-order chi connectivity index (χ0) is 20.0. The summed E-state index contributed by atoms with van der Waals surface area (Å²) in [4.78, 5) is 13.1. The standard InChI is InChI=1S/C20H17ClN2O3S2/c21-18-8-4-5-9-19(18)22-20(24)14-27-16-12-10-15(11-13-16)23-28(25,26)17-6-2-1-3-7-17/h1-13,23H,14H2,(H,22,24). The van der Waals surface area contributed by atoms with Crippen LogP contribution in [0.5, 0.6) is 0 Å². The van der Waals surface area contributed by atoms with Crippen molar-refractivity contribution in [3.63, 3.8) is 0 Å². The molecular weight excluding hydrogens is 416 g/mol. The van der Waals surface area contributed by atoms with E-state index in [9.17, 15) is 13.2 Å². The van der Waals surface area contributed by atoms with Crippen LogP contribution in [0.2, 0.25) is 5.02 Å². The summed E-state index contributed by atoms with van der Waals surface area (Å²) in [5.41, 5.74) is 1.02. The fourth-order valence-electron chi connectivity index (χ4n) is 2.33. The highest BCUT2D eigenvalue weighted by atomic mass is 35.5. The lowest BCUT2D eigenvalue weighted by Gasteiger charge is -2.09. The normalized spacial score (nSPS) is 11.0. The number of para-hydroxylation sites is 1. The van der Waals surface area contributed by atoms with E-state index in [1.807, 2.05) is 0 Å². The van der Waals surface area contributed by atoms with Crippen molar-refractivity contribution in [2.45, 2.75) is 9.79 Å². The van der Waals surface area contributed by atoms with Crippen molar-refractivity contribution in [2.75, 3.05) is 15.8 Å². The van der Waals surface area contributed by atoms with E-state index in [0.29, 0.717) is 16.4 Å². The molecule has 0 unspecified atom stereocenters. The highest BCUT2D eigenvalue weighted by Gasteiger charge is 2.13. The number of halogens is 1. The number of carbonyl (C=O) groups excluding carboxylic acids is 1. The van der Waals surface area contributed by atoms with E-state index >= 15 is 0 Å². The minimum atomic E-state index is -3.62. The van der Waals surface area contributed by atoms with Gasteiger partial charge in [-0.05, 0) is 48.5 Å². The molecule has 1 amide bonds. The zero-order valence-corrected chi connectivity index (χ0v) is 17.0. The average molecular weight is 433 g/mol. The Hall–Kier alpha value is -2.48. The molecule has 28 heavy (non-hydrogen) atoms. The number of anilines is 2. The highest BCUT2D eigenvalue weighted by Crippen LogP contribution is 2.24. The van der Waals surface area contributed by atoms with Gasteiger partial charge < -0.3 is 5.32 Å². The lowest BCUT2D eigenvalue weighted by molar-refractivity contribution is -0.113. The summed E-state index contributed by atoms with van der Waals surface area (Å²) in [5.74, 6) is 0.0345. The second kappa shape index (κ2) is 9.14. The van der Waals surface area contributed by atoms with Gasteiger partial charge >= 0.3 is 0 Å².